The minimum atomic E-state index is 0.383. The first-order chi connectivity index (χ1) is 8.58. The predicted molar refractivity (Wildman–Crippen MR) is 70.5 cm³/mol. The third-order valence-electron chi connectivity index (χ3n) is 3.26. The van der Waals surface area contributed by atoms with Crippen LogP contribution in [0.25, 0.3) is 0 Å². The van der Waals surface area contributed by atoms with Gasteiger partial charge < -0.3 is 9.32 Å². The van der Waals surface area contributed by atoms with Crippen LogP contribution >= 0.6 is 0 Å². The molecule has 0 saturated heterocycles. The molecule has 2 aromatic heterocycles. The van der Waals surface area contributed by atoms with Crippen LogP contribution in [0.3, 0.4) is 0 Å². The quantitative estimate of drug-likeness (QED) is 0.884. The van der Waals surface area contributed by atoms with E-state index in [1.165, 1.54) is 0 Å². The molecule has 0 bridgehead atoms. The lowest BCUT2D eigenvalue weighted by molar-refractivity contribution is 0.512. The molecule has 5 heteroatoms. The van der Waals surface area contributed by atoms with Crippen LogP contribution in [0.15, 0.2) is 23.0 Å². The summed E-state index contributed by atoms with van der Waals surface area (Å²) in [4.78, 5) is 6.54. The molecular formula is C13H20N4O. The van der Waals surface area contributed by atoms with Gasteiger partial charge in [-0.05, 0) is 12.0 Å². The standard InChI is InChI=1S/C13H20N4O/c1-9(2)10(3)12-14-13(16-15-12)17(4)7-11-5-6-18-8-11/h5-6,8-10H,7H2,1-4H3,(H,14,15,16). The average molecular weight is 248 g/mol. The number of nitrogens with zero attached hydrogens (tertiary/aromatic N) is 3. The molecule has 0 radical (unpaired) electrons. The summed E-state index contributed by atoms with van der Waals surface area (Å²) in [5.41, 5.74) is 1.11. The van der Waals surface area contributed by atoms with Crippen molar-refractivity contribution in [2.45, 2.75) is 33.2 Å². The summed E-state index contributed by atoms with van der Waals surface area (Å²) < 4.78 is 5.05. The smallest absolute Gasteiger partial charge is 0.244 e. The number of hydrogen-bond donors (Lipinski definition) is 1. The van der Waals surface area contributed by atoms with E-state index in [9.17, 15) is 0 Å². The van der Waals surface area contributed by atoms with Crippen molar-refractivity contribution in [2.75, 3.05) is 11.9 Å². The van der Waals surface area contributed by atoms with Crippen LogP contribution < -0.4 is 4.90 Å². The molecule has 1 N–H and O–H groups in total. The molecule has 5 nitrogen and oxygen atoms in total. The highest BCUT2D eigenvalue weighted by Crippen LogP contribution is 2.21. The SMILES string of the molecule is CC(C)C(C)c1nc(N(C)Cc2ccoc2)n[nH]1. The maximum atomic E-state index is 5.05. The Balaban J connectivity index is 2.05. The molecule has 0 aliphatic rings. The van der Waals surface area contributed by atoms with E-state index in [1.807, 2.05) is 18.0 Å². The third-order valence-corrected chi connectivity index (χ3v) is 3.26. The lowest BCUT2D eigenvalue weighted by Crippen LogP contribution is -2.17. The number of rotatable bonds is 5. The Kier molecular flexibility index (Phi) is 3.69. The summed E-state index contributed by atoms with van der Waals surface area (Å²) in [5.74, 6) is 2.59. The van der Waals surface area contributed by atoms with Gasteiger partial charge in [0.25, 0.3) is 0 Å². The van der Waals surface area contributed by atoms with Crippen LogP contribution in [0.4, 0.5) is 5.95 Å². The van der Waals surface area contributed by atoms with Gasteiger partial charge in [0.2, 0.25) is 5.95 Å². The van der Waals surface area contributed by atoms with Crippen LogP contribution in [0, 0.1) is 5.92 Å². The van der Waals surface area contributed by atoms with Gasteiger partial charge in [0.15, 0.2) is 0 Å². The predicted octanol–water partition coefficient (Wildman–Crippen LogP) is 2.79. The average Bonchev–Trinajstić information content (AvgIpc) is 2.97. The van der Waals surface area contributed by atoms with Crippen molar-refractivity contribution >= 4 is 5.95 Å². The molecule has 0 aliphatic heterocycles. The maximum Gasteiger partial charge on any atom is 0.244 e. The van der Waals surface area contributed by atoms with Crippen LogP contribution in [0.1, 0.15) is 38.1 Å². The minimum absolute atomic E-state index is 0.383. The molecule has 0 amide bonds. The molecule has 1 atom stereocenters. The molecule has 2 heterocycles. The molecule has 0 aromatic carbocycles. The van der Waals surface area contributed by atoms with Crippen LogP contribution in [0.5, 0.6) is 0 Å². The molecule has 0 spiro atoms. The van der Waals surface area contributed by atoms with Crippen molar-refractivity contribution in [1.29, 1.82) is 0 Å². The van der Waals surface area contributed by atoms with Crippen molar-refractivity contribution in [3.05, 3.63) is 30.0 Å². The van der Waals surface area contributed by atoms with Gasteiger partial charge in [-0.25, -0.2) is 0 Å². The fraction of sp³-hybridized carbons (Fsp3) is 0.538. The van der Waals surface area contributed by atoms with Crippen molar-refractivity contribution in [3.63, 3.8) is 0 Å². The van der Waals surface area contributed by atoms with Gasteiger partial charge in [-0.3, -0.25) is 5.10 Å². The van der Waals surface area contributed by atoms with Crippen LogP contribution in [-0.4, -0.2) is 22.2 Å². The highest BCUT2D eigenvalue weighted by atomic mass is 16.3. The molecular weight excluding hydrogens is 228 g/mol. The van der Waals surface area contributed by atoms with E-state index < -0.39 is 0 Å². The van der Waals surface area contributed by atoms with Crippen LogP contribution in [0.2, 0.25) is 0 Å². The number of furan rings is 1. The Bertz CT molecular complexity index is 475. The Labute approximate surface area is 107 Å². The fourth-order valence-corrected chi connectivity index (χ4v) is 1.68. The number of anilines is 1. The highest BCUT2D eigenvalue weighted by Gasteiger charge is 2.16. The molecule has 0 fully saturated rings. The van der Waals surface area contributed by atoms with Gasteiger partial charge in [0, 0.05) is 25.1 Å². The summed E-state index contributed by atoms with van der Waals surface area (Å²) in [5, 5.41) is 7.28. The zero-order chi connectivity index (χ0) is 13.1. The van der Waals surface area contributed by atoms with E-state index in [-0.39, 0.29) is 0 Å². The summed E-state index contributed by atoms with van der Waals surface area (Å²) in [6.07, 6.45) is 3.41. The van der Waals surface area contributed by atoms with Crippen molar-refractivity contribution in [3.8, 4) is 0 Å². The fourth-order valence-electron chi connectivity index (χ4n) is 1.68. The van der Waals surface area contributed by atoms with E-state index in [2.05, 4.69) is 36.0 Å². The number of nitrogens with one attached hydrogen (secondary N) is 1. The minimum Gasteiger partial charge on any atom is -0.472 e. The lowest BCUT2D eigenvalue weighted by Gasteiger charge is -2.13. The Morgan fingerprint density at radius 2 is 2.17 bits per heavy atom. The molecule has 1 unspecified atom stereocenters. The number of hydrogen-bond acceptors (Lipinski definition) is 4. The molecule has 2 aromatic rings. The Morgan fingerprint density at radius 1 is 1.39 bits per heavy atom. The second-order valence-electron chi connectivity index (χ2n) is 5.04. The van der Waals surface area contributed by atoms with E-state index in [1.54, 1.807) is 12.5 Å². The van der Waals surface area contributed by atoms with Gasteiger partial charge in [-0.1, -0.05) is 20.8 Å². The van der Waals surface area contributed by atoms with E-state index >= 15 is 0 Å². The molecule has 0 saturated carbocycles. The van der Waals surface area contributed by atoms with Crippen molar-refractivity contribution in [1.82, 2.24) is 15.2 Å². The van der Waals surface area contributed by atoms with Gasteiger partial charge in [-0.15, -0.1) is 5.10 Å². The third kappa shape index (κ3) is 2.72. The second-order valence-corrected chi connectivity index (χ2v) is 5.04. The number of H-pyrrole nitrogens is 1. The van der Waals surface area contributed by atoms with Crippen molar-refractivity contribution < 1.29 is 4.42 Å². The van der Waals surface area contributed by atoms with Gasteiger partial charge >= 0.3 is 0 Å². The number of aromatic nitrogens is 3. The van der Waals surface area contributed by atoms with Crippen molar-refractivity contribution in [2.24, 2.45) is 5.92 Å². The molecule has 2 rings (SSSR count). The second kappa shape index (κ2) is 5.25. The lowest BCUT2D eigenvalue weighted by atomic mass is 9.98. The Hall–Kier alpha value is -1.78. The maximum absolute atomic E-state index is 5.05. The first kappa shape index (κ1) is 12.7. The van der Waals surface area contributed by atoms with Gasteiger partial charge in [0.1, 0.15) is 5.82 Å². The van der Waals surface area contributed by atoms with Crippen LogP contribution in [-0.2, 0) is 6.54 Å². The molecule has 98 valence electrons. The monoisotopic (exact) mass is 248 g/mol. The summed E-state index contributed by atoms with van der Waals surface area (Å²) in [7, 11) is 1.97. The topological polar surface area (TPSA) is 58.0 Å². The largest absolute Gasteiger partial charge is 0.472 e. The molecule has 0 aliphatic carbocycles. The number of aromatic amines is 1. The Morgan fingerprint density at radius 3 is 2.78 bits per heavy atom. The van der Waals surface area contributed by atoms with E-state index in [0.717, 1.165) is 23.9 Å². The zero-order valence-corrected chi connectivity index (χ0v) is 11.3. The first-order valence-electron chi connectivity index (χ1n) is 6.22. The van der Waals surface area contributed by atoms with Gasteiger partial charge in [0.05, 0.1) is 12.5 Å². The first-order valence-corrected chi connectivity index (χ1v) is 6.22. The van der Waals surface area contributed by atoms with Gasteiger partial charge in [-0.2, -0.15) is 4.98 Å². The summed E-state index contributed by atoms with van der Waals surface area (Å²) in [6, 6.07) is 1.95. The summed E-state index contributed by atoms with van der Waals surface area (Å²) >= 11 is 0. The highest BCUT2D eigenvalue weighted by molar-refractivity contribution is 5.29. The zero-order valence-electron chi connectivity index (χ0n) is 11.3. The molecule has 18 heavy (non-hydrogen) atoms. The normalized spacial score (nSPS) is 12.9. The van der Waals surface area contributed by atoms with E-state index in [0.29, 0.717) is 11.8 Å². The summed E-state index contributed by atoms with van der Waals surface area (Å²) in [6.45, 7) is 7.26. The van der Waals surface area contributed by atoms with E-state index in [4.69, 9.17) is 4.42 Å².